The van der Waals surface area contributed by atoms with Crippen molar-refractivity contribution in [3.8, 4) is 11.5 Å². The van der Waals surface area contributed by atoms with E-state index in [1.165, 1.54) is 6.07 Å². The van der Waals surface area contributed by atoms with E-state index in [-0.39, 0.29) is 11.4 Å². The van der Waals surface area contributed by atoms with Crippen LogP contribution >= 0.6 is 11.9 Å². The van der Waals surface area contributed by atoms with Gasteiger partial charge in [-0.15, -0.1) is 0 Å². The molecular formula is C21H18N4O3S. The van der Waals surface area contributed by atoms with Crippen LogP contribution in [-0.2, 0) is 6.54 Å². The molecule has 0 radical (unpaired) electrons. The third-order valence-corrected chi connectivity index (χ3v) is 5.27. The first-order valence-corrected chi connectivity index (χ1v) is 9.71. The van der Waals surface area contributed by atoms with Gasteiger partial charge in [0.1, 0.15) is 5.75 Å². The normalized spacial score (nSPS) is 10.9. The number of hydrogen-bond acceptors (Lipinski definition) is 6. The van der Waals surface area contributed by atoms with Crippen LogP contribution in [0.15, 0.2) is 78.1 Å². The summed E-state index contributed by atoms with van der Waals surface area (Å²) in [6, 6.07) is 16.0. The molecule has 4 rings (SSSR count). The molecule has 4 aromatic rings. The Kier molecular flexibility index (Phi) is 5.46. The van der Waals surface area contributed by atoms with Gasteiger partial charge < -0.3 is 10.1 Å². The second-order valence-corrected chi connectivity index (χ2v) is 7.34. The number of ether oxygens (including phenoxy) is 1. The summed E-state index contributed by atoms with van der Waals surface area (Å²) in [5.74, 6) is 0.749. The molecule has 146 valence electrons. The van der Waals surface area contributed by atoms with Crippen LogP contribution in [0.3, 0.4) is 0 Å². The van der Waals surface area contributed by atoms with Gasteiger partial charge in [0.2, 0.25) is 5.75 Å². The number of hydrogen-bond donors (Lipinski definition) is 1. The van der Waals surface area contributed by atoms with E-state index >= 15 is 0 Å². The lowest BCUT2D eigenvalue weighted by molar-refractivity contribution is -0.385. The summed E-state index contributed by atoms with van der Waals surface area (Å²) in [6.45, 7) is 0.724. The van der Waals surface area contributed by atoms with E-state index in [9.17, 15) is 10.1 Å². The highest BCUT2D eigenvalue weighted by atomic mass is 32.2. The van der Waals surface area contributed by atoms with E-state index in [0.717, 1.165) is 27.9 Å². The molecule has 0 fully saturated rings. The molecule has 7 nitrogen and oxygen atoms in total. The lowest BCUT2D eigenvalue weighted by Gasteiger charge is -2.08. The summed E-state index contributed by atoms with van der Waals surface area (Å²) in [5.41, 5.74) is 2.04. The number of pyridine rings is 1. The number of fused-ring (bicyclic) bond motifs is 1. The van der Waals surface area contributed by atoms with Gasteiger partial charge >= 0.3 is 5.69 Å². The summed E-state index contributed by atoms with van der Waals surface area (Å²) in [6.07, 6.45) is 5.62. The van der Waals surface area contributed by atoms with Gasteiger partial charge in [0, 0.05) is 47.5 Å². The number of benzene rings is 2. The maximum Gasteiger partial charge on any atom is 0.311 e. The van der Waals surface area contributed by atoms with Crippen LogP contribution in [0.1, 0.15) is 5.56 Å². The number of para-hydroxylation sites is 2. The monoisotopic (exact) mass is 406 g/mol. The average Bonchev–Trinajstić information content (AvgIpc) is 3.06. The van der Waals surface area contributed by atoms with Crippen LogP contribution in [-0.4, -0.2) is 20.9 Å². The zero-order valence-corrected chi connectivity index (χ0v) is 16.4. The van der Waals surface area contributed by atoms with Crippen LogP contribution in [0.5, 0.6) is 11.5 Å². The van der Waals surface area contributed by atoms with Gasteiger partial charge in [-0.05, 0) is 54.9 Å². The van der Waals surface area contributed by atoms with Gasteiger partial charge in [0.15, 0.2) is 0 Å². The molecule has 2 heterocycles. The molecule has 2 aromatic heterocycles. The molecule has 0 aliphatic rings. The molecular weight excluding hydrogens is 388 g/mol. The van der Waals surface area contributed by atoms with Crippen molar-refractivity contribution in [2.75, 3.05) is 7.05 Å². The van der Waals surface area contributed by atoms with Crippen LogP contribution < -0.4 is 10.1 Å². The Bertz CT molecular complexity index is 1160. The second kappa shape index (κ2) is 8.34. The fourth-order valence-electron chi connectivity index (χ4n) is 3.05. The van der Waals surface area contributed by atoms with Crippen LogP contribution in [0.2, 0.25) is 0 Å². The molecule has 1 N–H and O–H groups in total. The summed E-state index contributed by atoms with van der Waals surface area (Å²) in [5, 5.41) is 15.5. The fraction of sp³-hybridized carbons (Fsp3) is 0.0952. The Morgan fingerprint density at radius 1 is 1.21 bits per heavy atom. The Hall–Kier alpha value is -3.36. The molecule has 0 aliphatic heterocycles. The van der Waals surface area contributed by atoms with Crippen molar-refractivity contribution in [2.24, 2.45) is 0 Å². The Balaban J connectivity index is 1.74. The number of nitro benzene ring substituents is 1. The highest BCUT2D eigenvalue weighted by Gasteiger charge is 2.16. The topological polar surface area (TPSA) is 82.2 Å². The first-order chi connectivity index (χ1) is 14.2. The molecule has 0 unspecified atom stereocenters. The molecule has 29 heavy (non-hydrogen) atoms. The standard InChI is InChI=1S/C21H18N4O3S/c1-22-12-15-14-24(29-17-5-4-10-23-13-17)20-11-16(8-9-18(15)20)28-21-7-3-2-6-19(21)25(26)27/h2-11,13-14,22H,12H2,1H3. The fourth-order valence-corrected chi connectivity index (χ4v) is 3.96. The van der Waals surface area contributed by atoms with Gasteiger partial charge in [-0.2, -0.15) is 0 Å². The molecule has 0 atom stereocenters. The third-order valence-electron chi connectivity index (χ3n) is 4.32. The number of aromatic nitrogens is 2. The first kappa shape index (κ1) is 19.0. The zero-order chi connectivity index (χ0) is 20.2. The van der Waals surface area contributed by atoms with Crippen LogP contribution in [0.25, 0.3) is 10.9 Å². The third kappa shape index (κ3) is 4.08. The van der Waals surface area contributed by atoms with Crippen molar-refractivity contribution in [1.82, 2.24) is 14.3 Å². The lowest BCUT2D eigenvalue weighted by atomic mass is 10.1. The smallest absolute Gasteiger partial charge is 0.311 e. The van der Waals surface area contributed by atoms with E-state index < -0.39 is 4.92 Å². The van der Waals surface area contributed by atoms with Gasteiger partial charge in [-0.25, -0.2) is 0 Å². The maximum atomic E-state index is 11.3. The Morgan fingerprint density at radius 2 is 2.07 bits per heavy atom. The molecule has 2 aromatic carbocycles. The SMILES string of the molecule is CNCc1cn(Sc2cccnc2)c2cc(Oc3ccccc3[N+](=O)[O-])ccc12. The van der Waals surface area contributed by atoms with Gasteiger partial charge in [-0.1, -0.05) is 12.1 Å². The van der Waals surface area contributed by atoms with E-state index in [2.05, 4.69) is 20.5 Å². The maximum absolute atomic E-state index is 11.3. The first-order valence-electron chi connectivity index (χ1n) is 8.94. The molecule has 8 heteroatoms. The molecule has 0 amide bonds. The summed E-state index contributed by atoms with van der Waals surface area (Å²) in [4.78, 5) is 16.0. The van der Waals surface area contributed by atoms with Crippen molar-refractivity contribution in [3.63, 3.8) is 0 Å². The minimum atomic E-state index is -0.445. The molecule has 0 saturated heterocycles. The number of nitrogens with zero attached hydrogens (tertiary/aromatic N) is 3. The van der Waals surface area contributed by atoms with Crippen LogP contribution in [0.4, 0.5) is 5.69 Å². The van der Waals surface area contributed by atoms with Crippen molar-refractivity contribution in [1.29, 1.82) is 0 Å². The molecule has 0 spiro atoms. The molecule has 0 saturated carbocycles. The van der Waals surface area contributed by atoms with E-state index in [0.29, 0.717) is 5.75 Å². The Morgan fingerprint density at radius 3 is 2.83 bits per heavy atom. The minimum Gasteiger partial charge on any atom is -0.450 e. The second-order valence-electron chi connectivity index (χ2n) is 6.30. The Labute approximate surface area is 171 Å². The minimum absolute atomic E-state index is 0.0661. The highest BCUT2D eigenvalue weighted by molar-refractivity contribution is 7.98. The summed E-state index contributed by atoms with van der Waals surface area (Å²) < 4.78 is 7.92. The predicted octanol–water partition coefficient (Wildman–Crippen LogP) is 5.01. The van der Waals surface area contributed by atoms with E-state index in [1.807, 2.05) is 43.6 Å². The van der Waals surface area contributed by atoms with Crippen LogP contribution in [0, 0.1) is 10.1 Å². The summed E-state index contributed by atoms with van der Waals surface area (Å²) >= 11 is 1.55. The van der Waals surface area contributed by atoms with Crippen molar-refractivity contribution < 1.29 is 9.66 Å². The molecule has 0 aliphatic carbocycles. The number of nitrogens with one attached hydrogen (secondary N) is 1. The zero-order valence-electron chi connectivity index (χ0n) is 15.6. The van der Waals surface area contributed by atoms with Crippen molar-refractivity contribution in [2.45, 2.75) is 11.4 Å². The van der Waals surface area contributed by atoms with Crippen molar-refractivity contribution >= 4 is 28.5 Å². The highest BCUT2D eigenvalue weighted by Crippen LogP contribution is 2.35. The number of rotatable bonds is 7. The predicted molar refractivity (Wildman–Crippen MR) is 113 cm³/mol. The van der Waals surface area contributed by atoms with Gasteiger partial charge in [0.25, 0.3) is 0 Å². The summed E-state index contributed by atoms with van der Waals surface area (Å²) in [7, 11) is 1.91. The largest absolute Gasteiger partial charge is 0.450 e. The number of nitro groups is 1. The molecule has 0 bridgehead atoms. The quantitative estimate of drug-likeness (QED) is 0.343. The van der Waals surface area contributed by atoms with Gasteiger partial charge in [0.05, 0.1) is 10.4 Å². The van der Waals surface area contributed by atoms with E-state index in [1.54, 1.807) is 36.3 Å². The van der Waals surface area contributed by atoms with E-state index in [4.69, 9.17) is 4.74 Å². The average molecular weight is 406 g/mol. The lowest BCUT2D eigenvalue weighted by Crippen LogP contribution is -2.04. The van der Waals surface area contributed by atoms with Gasteiger partial charge in [-0.3, -0.25) is 19.1 Å². The van der Waals surface area contributed by atoms with Crippen molar-refractivity contribution in [3.05, 3.63) is 88.9 Å².